The number of aromatic nitrogens is 4. The number of aromatic amines is 1. The summed E-state index contributed by atoms with van der Waals surface area (Å²) in [4.78, 5) is 38.5. The number of carbonyl (C=O) groups is 3. The van der Waals surface area contributed by atoms with Gasteiger partial charge in [-0.15, -0.1) is 21.8 Å². The van der Waals surface area contributed by atoms with E-state index < -0.39 is 23.8 Å². The Morgan fingerprint density at radius 1 is 1.32 bits per heavy atom. The van der Waals surface area contributed by atoms with E-state index in [9.17, 15) is 14.4 Å². The Labute approximate surface area is 182 Å². The number of halogens is 1. The summed E-state index contributed by atoms with van der Waals surface area (Å²) in [6.07, 6.45) is -0.117. The minimum atomic E-state index is -0.757. The molecule has 11 nitrogen and oxygen atoms in total. The van der Waals surface area contributed by atoms with Crippen LogP contribution in [0.15, 0.2) is 35.5 Å². The summed E-state index contributed by atoms with van der Waals surface area (Å²) in [5, 5.41) is 15.6. The molecular weight excluding hydrogens is 428 g/mol. The zero-order valence-electron chi connectivity index (χ0n) is 16.9. The molecule has 1 fully saturated rings. The van der Waals surface area contributed by atoms with Crippen molar-refractivity contribution < 1.29 is 23.9 Å². The first kappa shape index (κ1) is 22.2. The van der Waals surface area contributed by atoms with E-state index in [0.717, 1.165) is 5.56 Å². The molecule has 3 rings (SSSR count). The largest absolute Gasteiger partial charge is 0.497 e. The topological polar surface area (TPSA) is 139 Å². The number of nitrogens with one attached hydrogen (secondary N) is 2. The summed E-state index contributed by atoms with van der Waals surface area (Å²) < 4.78 is 10.5. The second-order valence-corrected chi connectivity index (χ2v) is 7.03. The molecule has 2 N–H and O–H groups in total. The van der Waals surface area contributed by atoms with Gasteiger partial charge in [-0.25, -0.2) is 4.79 Å². The Morgan fingerprint density at radius 3 is 2.65 bits per heavy atom. The molecule has 1 aromatic heterocycles. The average Bonchev–Trinajstić information content (AvgIpc) is 3.29. The van der Waals surface area contributed by atoms with E-state index in [1.807, 2.05) is 0 Å². The summed E-state index contributed by atoms with van der Waals surface area (Å²) in [6, 6.07) is 6.30. The van der Waals surface area contributed by atoms with Gasteiger partial charge in [-0.2, -0.15) is 5.21 Å². The maximum atomic E-state index is 12.7. The Kier molecular flexibility index (Phi) is 7.19. The molecule has 1 aromatic carbocycles. The van der Waals surface area contributed by atoms with Gasteiger partial charge in [0.1, 0.15) is 24.1 Å². The molecule has 2 amide bonds. The fourth-order valence-electron chi connectivity index (χ4n) is 2.90. The van der Waals surface area contributed by atoms with Gasteiger partial charge in [0.2, 0.25) is 5.91 Å². The van der Waals surface area contributed by atoms with Crippen LogP contribution in [0.3, 0.4) is 0 Å². The van der Waals surface area contributed by atoms with Gasteiger partial charge in [0.05, 0.1) is 20.1 Å². The monoisotopic (exact) mass is 448 g/mol. The smallest absolute Gasteiger partial charge is 0.355 e. The lowest BCUT2D eigenvalue weighted by Crippen LogP contribution is -2.64. The van der Waals surface area contributed by atoms with Gasteiger partial charge in [0.15, 0.2) is 5.82 Å². The number of amides is 2. The zero-order chi connectivity index (χ0) is 22.4. The molecule has 0 saturated carbocycles. The molecule has 31 heavy (non-hydrogen) atoms. The molecule has 1 saturated heterocycles. The van der Waals surface area contributed by atoms with E-state index in [0.29, 0.717) is 11.3 Å². The van der Waals surface area contributed by atoms with Crippen LogP contribution in [0.25, 0.3) is 0 Å². The van der Waals surface area contributed by atoms with Crippen molar-refractivity contribution >= 4 is 29.4 Å². The van der Waals surface area contributed by atoms with Crippen molar-refractivity contribution in [2.75, 3.05) is 19.5 Å². The number of H-pyrrole nitrogens is 1. The molecule has 0 aliphatic carbocycles. The number of hydrogen-bond donors (Lipinski definition) is 2. The minimum Gasteiger partial charge on any atom is -0.497 e. The van der Waals surface area contributed by atoms with Crippen LogP contribution < -0.4 is 10.1 Å². The zero-order valence-corrected chi connectivity index (χ0v) is 17.7. The summed E-state index contributed by atoms with van der Waals surface area (Å²) in [5.74, 6) is -0.581. The second kappa shape index (κ2) is 10.0. The number of benzene rings is 1. The summed E-state index contributed by atoms with van der Waals surface area (Å²) >= 11 is 5.90. The Hall–Kier alpha value is -3.47. The van der Waals surface area contributed by atoms with Gasteiger partial charge in [-0.3, -0.25) is 9.59 Å². The number of likely N-dealkylation sites (tertiary alicyclic amines) is 1. The highest BCUT2D eigenvalue weighted by molar-refractivity contribution is 6.20. The second-order valence-electron chi connectivity index (χ2n) is 6.76. The molecule has 2 heterocycles. The van der Waals surface area contributed by atoms with E-state index in [-0.39, 0.29) is 37.0 Å². The van der Waals surface area contributed by atoms with Gasteiger partial charge in [-0.1, -0.05) is 17.3 Å². The molecule has 1 unspecified atom stereocenters. The number of tetrazole rings is 1. The maximum Gasteiger partial charge on any atom is 0.355 e. The number of rotatable bonds is 9. The molecule has 1 atom stereocenters. The van der Waals surface area contributed by atoms with Gasteiger partial charge in [-0.05, 0) is 30.2 Å². The lowest BCUT2D eigenvalue weighted by Gasteiger charge is -2.39. The maximum absolute atomic E-state index is 12.7. The first-order chi connectivity index (χ1) is 14.9. The van der Waals surface area contributed by atoms with Gasteiger partial charge in [0, 0.05) is 5.88 Å². The fourth-order valence-corrected chi connectivity index (χ4v) is 3.03. The Bertz CT molecular complexity index is 976. The minimum absolute atomic E-state index is 0.0226. The van der Waals surface area contributed by atoms with Crippen LogP contribution in [-0.2, 0) is 32.1 Å². The number of nitrogens with zero attached hydrogens (tertiary/aromatic N) is 4. The molecular formula is C19H21ClN6O5. The van der Waals surface area contributed by atoms with E-state index in [1.54, 1.807) is 38.3 Å². The highest BCUT2D eigenvalue weighted by atomic mass is 35.5. The molecule has 0 bridgehead atoms. The standard InChI is InChI=1S/C19H21ClN6O5/c1-11(8-20)17(19(29)31-10-12-3-5-13(30-2)6-4-12)26-9-14(18(26)28)21-16(27)7-15-22-24-25-23-15/h3-6,14H,7-10H2,1-2H3,(H,21,27)(H,22,23,24,25). The number of ether oxygens (including phenoxy) is 2. The third kappa shape index (κ3) is 5.37. The van der Waals surface area contributed by atoms with Crippen LogP contribution in [0.4, 0.5) is 0 Å². The first-order valence-electron chi connectivity index (χ1n) is 9.31. The van der Waals surface area contributed by atoms with Crippen LogP contribution in [0.2, 0.25) is 0 Å². The molecule has 1 aliphatic heterocycles. The highest BCUT2D eigenvalue weighted by Gasteiger charge is 2.42. The van der Waals surface area contributed by atoms with Crippen molar-refractivity contribution in [2.45, 2.75) is 26.0 Å². The van der Waals surface area contributed by atoms with Crippen molar-refractivity contribution in [3.63, 3.8) is 0 Å². The number of β-lactam (4-membered cyclic amide) rings is 1. The van der Waals surface area contributed by atoms with E-state index in [2.05, 4.69) is 25.9 Å². The van der Waals surface area contributed by atoms with Crippen molar-refractivity contribution in [3.05, 3.63) is 46.9 Å². The third-order valence-electron chi connectivity index (χ3n) is 4.57. The van der Waals surface area contributed by atoms with Crippen molar-refractivity contribution in [1.29, 1.82) is 0 Å². The summed E-state index contributed by atoms with van der Waals surface area (Å²) in [6.45, 7) is 1.79. The first-order valence-corrected chi connectivity index (χ1v) is 9.85. The molecule has 1 aliphatic rings. The van der Waals surface area contributed by atoms with Crippen LogP contribution >= 0.6 is 11.6 Å². The third-order valence-corrected chi connectivity index (χ3v) is 4.97. The average molecular weight is 449 g/mol. The molecule has 12 heteroatoms. The molecule has 164 valence electrons. The molecule has 2 aromatic rings. The number of hydrogen-bond acceptors (Lipinski definition) is 8. The predicted molar refractivity (Wildman–Crippen MR) is 108 cm³/mol. The van der Waals surface area contributed by atoms with Crippen LogP contribution in [0.5, 0.6) is 5.75 Å². The fraction of sp³-hybridized carbons (Fsp3) is 0.368. The Morgan fingerprint density at radius 2 is 2.06 bits per heavy atom. The van der Waals surface area contributed by atoms with Crippen LogP contribution in [0.1, 0.15) is 18.3 Å². The van der Waals surface area contributed by atoms with E-state index >= 15 is 0 Å². The number of esters is 1. The Balaban J connectivity index is 1.58. The van der Waals surface area contributed by atoms with E-state index in [1.165, 1.54) is 4.90 Å². The number of methoxy groups -OCH3 is 1. The predicted octanol–water partition coefficient (Wildman–Crippen LogP) is 0.334. The SMILES string of the molecule is COc1ccc(COC(=O)C(=C(C)CCl)N2CC(NC(=O)Cc3nn[nH]n3)C2=O)cc1. The number of carbonyl (C=O) groups excluding carboxylic acids is 3. The van der Waals surface area contributed by atoms with Crippen LogP contribution in [-0.4, -0.2) is 68.9 Å². The molecule has 0 radical (unpaired) electrons. The number of allylic oxidation sites excluding steroid dienone is 1. The van der Waals surface area contributed by atoms with Gasteiger partial charge in [0.25, 0.3) is 5.91 Å². The highest BCUT2D eigenvalue weighted by Crippen LogP contribution is 2.23. The quantitative estimate of drug-likeness (QED) is 0.242. The van der Waals surface area contributed by atoms with Gasteiger partial charge < -0.3 is 19.7 Å². The van der Waals surface area contributed by atoms with E-state index in [4.69, 9.17) is 21.1 Å². The van der Waals surface area contributed by atoms with Crippen molar-refractivity contribution in [3.8, 4) is 5.75 Å². The van der Waals surface area contributed by atoms with Crippen molar-refractivity contribution in [1.82, 2.24) is 30.8 Å². The summed E-state index contributed by atoms with van der Waals surface area (Å²) in [5.41, 5.74) is 1.34. The van der Waals surface area contributed by atoms with Crippen molar-refractivity contribution in [2.24, 2.45) is 0 Å². The van der Waals surface area contributed by atoms with Gasteiger partial charge >= 0.3 is 5.97 Å². The number of alkyl halides is 1. The van der Waals surface area contributed by atoms with Crippen LogP contribution in [0, 0.1) is 0 Å². The lowest BCUT2D eigenvalue weighted by molar-refractivity contribution is -0.151. The molecule has 0 spiro atoms. The normalized spacial score (nSPS) is 16.3. The lowest BCUT2D eigenvalue weighted by atomic mass is 10.0. The summed E-state index contributed by atoms with van der Waals surface area (Å²) in [7, 11) is 1.56.